The van der Waals surface area contributed by atoms with Crippen LogP contribution in [0, 0.1) is 5.92 Å². The first kappa shape index (κ1) is 24.4. The number of rotatable bonds is 6. The Hall–Kier alpha value is -3.96. The summed E-state index contributed by atoms with van der Waals surface area (Å²) in [6.07, 6.45) is -0.369. The van der Waals surface area contributed by atoms with Crippen molar-refractivity contribution in [1.82, 2.24) is 19.7 Å². The van der Waals surface area contributed by atoms with Crippen LogP contribution in [-0.2, 0) is 22.3 Å². The average molecular weight is 527 g/mol. The number of halogens is 3. The Kier molecular flexibility index (Phi) is 5.65. The fourth-order valence-electron chi connectivity index (χ4n) is 5.93. The lowest BCUT2D eigenvalue weighted by atomic mass is 9.97. The molecule has 2 saturated carbocycles. The van der Waals surface area contributed by atoms with Crippen LogP contribution in [0.25, 0.3) is 10.9 Å². The average Bonchev–Trinajstić information content (AvgIpc) is 3.36. The first-order chi connectivity index (χ1) is 18.1. The van der Waals surface area contributed by atoms with E-state index in [-0.39, 0.29) is 35.9 Å². The van der Waals surface area contributed by atoms with Gasteiger partial charge in [0.1, 0.15) is 24.1 Å². The van der Waals surface area contributed by atoms with Crippen molar-refractivity contribution < 1.29 is 27.6 Å². The van der Waals surface area contributed by atoms with E-state index < -0.39 is 29.7 Å². The quantitative estimate of drug-likeness (QED) is 0.509. The summed E-state index contributed by atoms with van der Waals surface area (Å²) in [4.78, 5) is 43.9. The van der Waals surface area contributed by atoms with E-state index in [0.717, 1.165) is 37.3 Å². The SMILES string of the molecule is NC(=O)c1nn(CC(=O)N2C3CCC(C3)[C@H]2C(=O)Nc2cccc(C(F)(F)F)n2)c2ccc(C3CC3)cc12. The van der Waals surface area contributed by atoms with Gasteiger partial charge in [0.2, 0.25) is 11.8 Å². The third-order valence-corrected chi connectivity index (χ3v) is 7.77. The molecule has 38 heavy (non-hydrogen) atoms. The fraction of sp³-hybridized carbons (Fsp3) is 0.423. The van der Waals surface area contributed by atoms with Gasteiger partial charge in [0.05, 0.1) is 5.52 Å². The van der Waals surface area contributed by atoms with Crippen LogP contribution in [0.3, 0.4) is 0 Å². The molecule has 3 heterocycles. The molecule has 2 unspecified atom stereocenters. The van der Waals surface area contributed by atoms with E-state index in [1.54, 1.807) is 0 Å². The van der Waals surface area contributed by atoms with Crippen molar-refractivity contribution in [3.8, 4) is 0 Å². The number of piperidine rings is 1. The smallest absolute Gasteiger partial charge is 0.364 e. The van der Waals surface area contributed by atoms with E-state index in [4.69, 9.17) is 5.73 Å². The van der Waals surface area contributed by atoms with E-state index in [1.807, 2.05) is 18.2 Å². The van der Waals surface area contributed by atoms with Crippen molar-refractivity contribution in [2.24, 2.45) is 11.7 Å². The van der Waals surface area contributed by atoms with Crippen molar-refractivity contribution in [3.63, 3.8) is 0 Å². The number of likely N-dealkylation sites (tertiary alicyclic amines) is 1. The highest BCUT2D eigenvalue weighted by atomic mass is 19.4. The number of nitrogens with one attached hydrogen (secondary N) is 1. The Morgan fingerprint density at radius 2 is 1.87 bits per heavy atom. The number of pyridine rings is 1. The van der Waals surface area contributed by atoms with Crippen molar-refractivity contribution in [2.75, 3.05) is 5.32 Å². The fourth-order valence-corrected chi connectivity index (χ4v) is 5.93. The Labute approximate surface area is 215 Å². The second-order valence-electron chi connectivity index (χ2n) is 10.3. The van der Waals surface area contributed by atoms with E-state index in [0.29, 0.717) is 23.2 Å². The van der Waals surface area contributed by atoms with Crippen LogP contribution in [-0.4, -0.2) is 49.5 Å². The van der Waals surface area contributed by atoms with Crippen molar-refractivity contribution >= 4 is 34.4 Å². The number of fused-ring (bicyclic) bond motifs is 3. The Morgan fingerprint density at radius 1 is 1.08 bits per heavy atom. The Balaban J connectivity index is 1.25. The zero-order valence-electron chi connectivity index (χ0n) is 20.2. The number of primary amides is 1. The standard InChI is InChI=1S/C26H25F3N6O3/c27-26(28,29)19-2-1-3-20(31-19)32-25(38)23-15-6-8-16(10-15)35(23)21(36)12-34-18-9-7-14(13-4-5-13)11-17(18)22(33-34)24(30)37/h1-3,7,9,11,13,15-16,23H,4-6,8,10,12H2,(H2,30,37)(H,31,32,38)/t15?,16?,23-/m0/s1. The molecule has 1 aliphatic heterocycles. The predicted molar refractivity (Wildman–Crippen MR) is 130 cm³/mol. The summed E-state index contributed by atoms with van der Waals surface area (Å²) in [6.45, 7) is -0.207. The molecule has 6 rings (SSSR count). The molecule has 9 nitrogen and oxygen atoms in total. The van der Waals surface area contributed by atoms with Gasteiger partial charge < -0.3 is 16.0 Å². The van der Waals surface area contributed by atoms with Gasteiger partial charge in [-0.3, -0.25) is 19.1 Å². The number of anilines is 1. The zero-order valence-corrected chi connectivity index (χ0v) is 20.2. The normalized spacial score (nSPS) is 22.7. The van der Waals surface area contributed by atoms with Crippen molar-refractivity contribution in [2.45, 2.75) is 62.8 Å². The van der Waals surface area contributed by atoms with Crippen LogP contribution >= 0.6 is 0 Å². The maximum Gasteiger partial charge on any atom is 0.433 e. The molecular weight excluding hydrogens is 501 g/mol. The highest BCUT2D eigenvalue weighted by Crippen LogP contribution is 2.44. The topological polar surface area (TPSA) is 123 Å². The maximum atomic E-state index is 13.6. The van der Waals surface area contributed by atoms with Crippen LogP contribution in [0.4, 0.5) is 19.0 Å². The van der Waals surface area contributed by atoms with Gasteiger partial charge in [-0.05, 0) is 73.8 Å². The van der Waals surface area contributed by atoms with Gasteiger partial charge >= 0.3 is 6.18 Å². The minimum atomic E-state index is -4.65. The summed E-state index contributed by atoms with van der Waals surface area (Å²) in [5, 5.41) is 7.39. The molecule has 2 aromatic heterocycles. The molecular formula is C26H25F3N6O3. The van der Waals surface area contributed by atoms with Gasteiger partial charge in [-0.1, -0.05) is 12.1 Å². The van der Waals surface area contributed by atoms with E-state index >= 15 is 0 Å². The van der Waals surface area contributed by atoms with Gasteiger partial charge in [-0.15, -0.1) is 0 Å². The lowest BCUT2D eigenvalue weighted by Crippen LogP contribution is -2.52. The van der Waals surface area contributed by atoms with Gasteiger partial charge in [-0.2, -0.15) is 18.3 Å². The van der Waals surface area contributed by atoms with Gasteiger partial charge in [0.25, 0.3) is 5.91 Å². The molecule has 2 aliphatic carbocycles. The third-order valence-electron chi connectivity index (χ3n) is 7.77. The number of nitrogens with zero attached hydrogens (tertiary/aromatic N) is 4. The molecule has 3 aliphatic rings. The molecule has 3 atom stereocenters. The monoisotopic (exact) mass is 526 g/mol. The number of alkyl halides is 3. The van der Waals surface area contributed by atoms with Gasteiger partial charge in [-0.25, -0.2) is 4.98 Å². The molecule has 3 fully saturated rings. The minimum Gasteiger partial charge on any atom is -0.364 e. The first-order valence-electron chi connectivity index (χ1n) is 12.6. The lowest BCUT2D eigenvalue weighted by Gasteiger charge is -2.34. The number of benzene rings is 1. The van der Waals surface area contributed by atoms with Crippen LogP contribution in [0.5, 0.6) is 0 Å². The summed E-state index contributed by atoms with van der Waals surface area (Å²) in [7, 11) is 0. The summed E-state index contributed by atoms with van der Waals surface area (Å²) in [6, 6.07) is 7.97. The number of hydrogen-bond acceptors (Lipinski definition) is 5. The molecule has 3 N–H and O–H groups in total. The predicted octanol–water partition coefficient (Wildman–Crippen LogP) is 3.44. The Bertz CT molecular complexity index is 1460. The maximum absolute atomic E-state index is 13.6. The number of aromatic nitrogens is 3. The van der Waals surface area contributed by atoms with Crippen LogP contribution < -0.4 is 11.1 Å². The van der Waals surface area contributed by atoms with Crippen LogP contribution in [0.15, 0.2) is 36.4 Å². The van der Waals surface area contributed by atoms with Gasteiger partial charge in [0.15, 0.2) is 5.69 Å². The number of amides is 3. The van der Waals surface area contributed by atoms with Crippen molar-refractivity contribution in [1.29, 1.82) is 0 Å². The molecule has 12 heteroatoms. The van der Waals surface area contributed by atoms with E-state index in [9.17, 15) is 27.6 Å². The summed E-state index contributed by atoms with van der Waals surface area (Å²) in [5.74, 6) is -1.51. The van der Waals surface area contributed by atoms with E-state index in [2.05, 4.69) is 15.4 Å². The Morgan fingerprint density at radius 3 is 2.58 bits per heavy atom. The summed E-state index contributed by atoms with van der Waals surface area (Å²) < 4.78 is 40.6. The van der Waals surface area contributed by atoms with Crippen molar-refractivity contribution in [3.05, 3.63) is 53.3 Å². The van der Waals surface area contributed by atoms with Crippen LogP contribution in [0.1, 0.15) is 59.8 Å². The number of nitrogens with two attached hydrogens (primary N) is 1. The minimum absolute atomic E-state index is 0.0863. The number of carbonyl (C=O) groups excluding carboxylic acids is 3. The molecule has 1 saturated heterocycles. The summed E-state index contributed by atoms with van der Waals surface area (Å²) in [5.41, 5.74) is 6.24. The molecule has 0 radical (unpaired) electrons. The van der Waals surface area contributed by atoms with Crippen LogP contribution in [0.2, 0.25) is 0 Å². The highest BCUT2D eigenvalue weighted by molar-refractivity contribution is 6.04. The molecule has 198 valence electrons. The summed E-state index contributed by atoms with van der Waals surface area (Å²) >= 11 is 0. The molecule has 3 amide bonds. The number of hydrogen-bond donors (Lipinski definition) is 2. The van der Waals surface area contributed by atoms with E-state index in [1.165, 1.54) is 21.7 Å². The zero-order chi connectivity index (χ0) is 26.8. The molecule has 2 bridgehead atoms. The lowest BCUT2D eigenvalue weighted by molar-refractivity contribution is -0.141. The first-order valence-corrected chi connectivity index (χ1v) is 12.6. The molecule has 3 aromatic rings. The second kappa shape index (κ2) is 8.81. The third kappa shape index (κ3) is 4.27. The highest BCUT2D eigenvalue weighted by Gasteiger charge is 2.51. The second-order valence-corrected chi connectivity index (χ2v) is 10.3. The molecule has 0 spiro atoms. The largest absolute Gasteiger partial charge is 0.433 e. The number of carbonyl (C=O) groups is 3. The van der Waals surface area contributed by atoms with Gasteiger partial charge in [0, 0.05) is 11.4 Å². The molecule has 1 aromatic carbocycles.